The number of hydrogen-bond donors (Lipinski definition) is 1. The van der Waals surface area contributed by atoms with Crippen LogP contribution in [-0.2, 0) is 6.42 Å². The zero-order valence-electron chi connectivity index (χ0n) is 8.39. The molecular weight excluding hydrogens is 202 g/mol. The lowest BCUT2D eigenvalue weighted by molar-refractivity contribution is 0.149. The zero-order valence-corrected chi connectivity index (χ0v) is 8.39. The van der Waals surface area contributed by atoms with E-state index in [-0.39, 0.29) is 12.2 Å². The van der Waals surface area contributed by atoms with Crippen LogP contribution < -0.4 is 4.74 Å². The van der Waals surface area contributed by atoms with Gasteiger partial charge in [0.05, 0.1) is 12.7 Å². The van der Waals surface area contributed by atoms with Crippen molar-refractivity contribution in [3.63, 3.8) is 0 Å². The second-order valence-electron chi connectivity index (χ2n) is 3.95. The highest BCUT2D eigenvalue weighted by Gasteiger charge is 2.41. The van der Waals surface area contributed by atoms with Gasteiger partial charge in [-0.05, 0) is 24.5 Å². The largest absolute Gasteiger partial charge is 0.491 e. The smallest absolute Gasteiger partial charge is 0.190 e. The summed E-state index contributed by atoms with van der Waals surface area (Å²) >= 11 is 0. The van der Waals surface area contributed by atoms with Crippen molar-refractivity contribution in [2.45, 2.75) is 24.9 Å². The lowest BCUT2D eigenvalue weighted by Gasteiger charge is -2.11. The van der Waals surface area contributed by atoms with Gasteiger partial charge in [0.15, 0.2) is 17.4 Å². The molecule has 2 rings (SSSR count). The first-order chi connectivity index (χ1) is 7.06. The van der Waals surface area contributed by atoms with Gasteiger partial charge in [-0.2, -0.15) is 0 Å². The summed E-state index contributed by atoms with van der Waals surface area (Å²) in [6.45, 7) is 0. The van der Waals surface area contributed by atoms with Crippen molar-refractivity contribution in [1.29, 1.82) is 0 Å². The number of halogens is 2. The van der Waals surface area contributed by atoms with Crippen LogP contribution in [-0.4, -0.2) is 17.8 Å². The van der Waals surface area contributed by atoms with Gasteiger partial charge in [0, 0.05) is 6.42 Å². The molecule has 0 amide bonds. The van der Waals surface area contributed by atoms with Gasteiger partial charge in [-0.25, -0.2) is 8.78 Å². The fourth-order valence-corrected chi connectivity index (χ4v) is 1.57. The molecule has 0 unspecified atom stereocenters. The normalized spacial score (nSPS) is 17.6. The Bertz CT molecular complexity index is 386. The lowest BCUT2D eigenvalue weighted by Crippen LogP contribution is -2.12. The molecule has 1 aliphatic rings. The van der Waals surface area contributed by atoms with E-state index in [0.717, 1.165) is 6.07 Å². The Morgan fingerprint density at radius 1 is 1.40 bits per heavy atom. The first-order valence-electron chi connectivity index (χ1n) is 4.79. The highest BCUT2D eigenvalue weighted by atomic mass is 19.1. The Kier molecular flexibility index (Phi) is 2.38. The molecule has 0 heterocycles. The monoisotopic (exact) mass is 214 g/mol. The minimum Gasteiger partial charge on any atom is -0.491 e. The van der Waals surface area contributed by atoms with Crippen molar-refractivity contribution in [3.05, 3.63) is 29.3 Å². The standard InChI is InChI=1S/C11H12F2O2/c1-15-10-8(12)3-2-7(9(10)13)6-11(14)4-5-11/h2-3,14H,4-6H2,1H3. The predicted molar refractivity (Wildman–Crippen MR) is 50.8 cm³/mol. The number of ether oxygens (including phenoxy) is 1. The van der Waals surface area contributed by atoms with Crippen LogP contribution in [0.2, 0.25) is 0 Å². The van der Waals surface area contributed by atoms with Crippen LogP contribution in [0.15, 0.2) is 12.1 Å². The van der Waals surface area contributed by atoms with Gasteiger partial charge in [0.2, 0.25) is 0 Å². The number of hydrogen-bond acceptors (Lipinski definition) is 2. The van der Waals surface area contributed by atoms with Crippen molar-refractivity contribution in [2.75, 3.05) is 7.11 Å². The molecule has 0 aliphatic heterocycles. The lowest BCUT2D eigenvalue weighted by atomic mass is 10.1. The van der Waals surface area contributed by atoms with E-state index in [2.05, 4.69) is 4.74 Å². The number of methoxy groups -OCH3 is 1. The van der Waals surface area contributed by atoms with Crippen LogP contribution in [0, 0.1) is 11.6 Å². The molecule has 1 aromatic carbocycles. The number of aliphatic hydroxyl groups is 1. The van der Waals surface area contributed by atoms with Crippen LogP contribution in [0.5, 0.6) is 5.75 Å². The van der Waals surface area contributed by atoms with Crippen LogP contribution in [0.4, 0.5) is 8.78 Å². The maximum atomic E-state index is 13.6. The third kappa shape index (κ3) is 1.95. The van der Waals surface area contributed by atoms with Gasteiger partial charge in [-0.1, -0.05) is 6.07 Å². The van der Waals surface area contributed by atoms with Crippen molar-refractivity contribution in [1.82, 2.24) is 0 Å². The minimum atomic E-state index is -0.788. The van der Waals surface area contributed by atoms with Crippen molar-refractivity contribution < 1.29 is 18.6 Å². The summed E-state index contributed by atoms with van der Waals surface area (Å²) in [5.74, 6) is -1.81. The van der Waals surface area contributed by atoms with E-state index in [1.165, 1.54) is 13.2 Å². The van der Waals surface area contributed by atoms with E-state index in [9.17, 15) is 13.9 Å². The summed E-state index contributed by atoms with van der Waals surface area (Å²) in [5, 5.41) is 9.64. The van der Waals surface area contributed by atoms with Crippen LogP contribution >= 0.6 is 0 Å². The van der Waals surface area contributed by atoms with Gasteiger partial charge in [-0.15, -0.1) is 0 Å². The maximum absolute atomic E-state index is 13.6. The maximum Gasteiger partial charge on any atom is 0.190 e. The van der Waals surface area contributed by atoms with E-state index < -0.39 is 17.2 Å². The predicted octanol–water partition coefficient (Wildman–Crippen LogP) is 2.04. The first-order valence-corrected chi connectivity index (χ1v) is 4.79. The molecule has 15 heavy (non-hydrogen) atoms. The summed E-state index contributed by atoms with van der Waals surface area (Å²) in [5.41, 5.74) is -0.489. The quantitative estimate of drug-likeness (QED) is 0.834. The summed E-state index contributed by atoms with van der Waals surface area (Å²) in [6.07, 6.45) is 1.56. The molecule has 0 aromatic heterocycles. The van der Waals surface area contributed by atoms with Gasteiger partial charge in [0.1, 0.15) is 0 Å². The zero-order chi connectivity index (χ0) is 11.1. The molecular formula is C11H12F2O2. The van der Waals surface area contributed by atoms with Crippen LogP contribution in [0.3, 0.4) is 0 Å². The fraction of sp³-hybridized carbons (Fsp3) is 0.455. The number of rotatable bonds is 3. The SMILES string of the molecule is COc1c(F)ccc(CC2(O)CC2)c1F. The summed E-state index contributed by atoms with van der Waals surface area (Å²) < 4.78 is 31.3. The molecule has 1 saturated carbocycles. The Balaban J connectivity index is 2.31. The van der Waals surface area contributed by atoms with E-state index in [4.69, 9.17) is 0 Å². The summed E-state index contributed by atoms with van der Waals surface area (Å²) in [6, 6.07) is 2.51. The molecule has 1 fully saturated rings. The van der Waals surface area contributed by atoms with Gasteiger partial charge in [-0.3, -0.25) is 0 Å². The third-order valence-corrected chi connectivity index (χ3v) is 2.68. The molecule has 1 N–H and O–H groups in total. The van der Waals surface area contributed by atoms with Crippen molar-refractivity contribution >= 4 is 0 Å². The second-order valence-corrected chi connectivity index (χ2v) is 3.95. The molecule has 1 aromatic rings. The molecule has 0 radical (unpaired) electrons. The third-order valence-electron chi connectivity index (χ3n) is 2.68. The van der Waals surface area contributed by atoms with Gasteiger partial charge >= 0.3 is 0 Å². The van der Waals surface area contributed by atoms with E-state index >= 15 is 0 Å². The fourth-order valence-electron chi connectivity index (χ4n) is 1.57. The van der Waals surface area contributed by atoms with Crippen molar-refractivity contribution in [2.24, 2.45) is 0 Å². The number of benzene rings is 1. The Labute approximate surface area is 86.5 Å². The van der Waals surface area contributed by atoms with Gasteiger partial charge < -0.3 is 9.84 Å². The molecule has 82 valence electrons. The molecule has 0 saturated heterocycles. The summed E-state index contributed by atoms with van der Waals surface area (Å²) in [4.78, 5) is 0. The highest BCUT2D eigenvalue weighted by molar-refractivity contribution is 5.34. The molecule has 2 nitrogen and oxygen atoms in total. The van der Waals surface area contributed by atoms with Crippen LogP contribution in [0.1, 0.15) is 18.4 Å². The first kappa shape index (κ1) is 10.4. The Morgan fingerprint density at radius 2 is 2.07 bits per heavy atom. The highest BCUT2D eigenvalue weighted by Crippen LogP contribution is 2.39. The minimum absolute atomic E-state index is 0.218. The van der Waals surface area contributed by atoms with E-state index in [1.807, 2.05) is 0 Å². The van der Waals surface area contributed by atoms with E-state index in [1.54, 1.807) is 0 Å². The average molecular weight is 214 g/mol. The average Bonchev–Trinajstić information content (AvgIpc) is 2.90. The Hall–Kier alpha value is -1.16. The molecule has 0 spiro atoms. The topological polar surface area (TPSA) is 29.5 Å². The molecule has 1 aliphatic carbocycles. The van der Waals surface area contributed by atoms with Crippen LogP contribution in [0.25, 0.3) is 0 Å². The van der Waals surface area contributed by atoms with E-state index in [0.29, 0.717) is 18.4 Å². The molecule has 4 heteroatoms. The van der Waals surface area contributed by atoms with Crippen molar-refractivity contribution in [3.8, 4) is 5.75 Å². The second kappa shape index (κ2) is 3.45. The molecule has 0 atom stereocenters. The molecule has 0 bridgehead atoms. The van der Waals surface area contributed by atoms with Gasteiger partial charge in [0.25, 0.3) is 0 Å². The Morgan fingerprint density at radius 3 is 2.60 bits per heavy atom. The summed E-state index contributed by atoms with van der Waals surface area (Å²) in [7, 11) is 1.22.